The maximum atomic E-state index is 13.5. The van der Waals surface area contributed by atoms with E-state index in [-0.39, 0.29) is 30.7 Å². The van der Waals surface area contributed by atoms with Crippen LogP contribution in [0.1, 0.15) is 99.8 Å². The van der Waals surface area contributed by atoms with Crippen molar-refractivity contribution in [2.45, 2.75) is 130 Å². The Morgan fingerprint density at radius 1 is 0.822 bits per heavy atom. The molecule has 0 unspecified atom stereocenters. The number of rotatable bonds is 12. The summed E-state index contributed by atoms with van der Waals surface area (Å²) in [5.41, 5.74) is 0. The van der Waals surface area contributed by atoms with Gasteiger partial charge in [-0.1, -0.05) is 67.2 Å². The fourth-order valence-electron chi connectivity index (χ4n) is 4.99. The summed E-state index contributed by atoms with van der Waals surface area (Å²) in [7, 11) is 0. The molecular weight excluding hydrogens is 598 g/mol. The Bertz CT molecular complexity index is 993. The lowest BCUT2D eigenvalue weighted by molar-refractivity contribution is -0.157. The molecule has 0 radical (unpaired) electrons. The van der Waals surface area contributed by atoms with Crippen molar-refractivity contribution in [1.82, 2.24) is 26.6 Å². The Balaban J connectivity index is 3.39. The summed E-state index contributed by atoms with van der Waals surface area (Å²) in [6.45, 7) is 12.5. The summed E-state index contributed by atoms with van der Waals surface area (Å²) in [6, 6.07) is -3.94. The van der Waals surface area contributed by atoms with Crippen molar-refractivity contribution < 1.29 is 33.5 Å². The minimum atomic E-state index is -1.02. The fraction of sp³-hybridized carbons (Fsp3) is 0.812. The van der Waals surface area contributed by atoms with E-state index in [1.54, 1.807) is 13.8 Å². The molecule has 0 aliphatic carbocycles. The third-order valence-electron chi connectivity index (χ3n) is 7.82. The SMILES string of the molecule is CCCCCC[C@H](C)[C@@H]1CC(=O)NCC(=O)N[C@@H](C(C)C)C(=O)N[C@H](CC(C)C)C(=O)N[C@@H](C)C(=O)N[C@@H](CCSC)C(=O)O1. The highest BCUT2D eigenvalue weighted by Crippen LogP contribution is 2.21. The molecule has 1 heterocycles. The molecule has 0 aromatic carbocycles. The number of nitrogens with one attached hydrogen (secondary N) is 5. The molecule has 1 aliphatic rings. The van der Waals surface area contributed by atoms with Crippen molar-refractivity contribution in [3.63, 3.8) is 0 Å². The third-order valence-corrected chi connectivity index (χ3v) is 8.46. The van der Waals surface area contributed by atoms with Crippen LogP contribution in [0.15, 0.2) is 0 Å². The standard InChI is InChI=1S/C32H57N5O7S/c1-9-10-11-12-13-21(6)25-17-26(38)33-18-27(39)37-28(20(4)5)31(42)36-24(16-19(2)3)30(41)34-22(7)29(40)35-23(14-15-45-8)32(43)44-25/h19-25,28H,9-18H2,1-8H3,(H,33,38)(H,34,41)(H,35,40)(H,36,42)(H,37,39)/t21-,22-,23-,24+,25-,28-/m0/s1. The molecule has 0 aromatic heterocycles. The zero-order valence-corrected chi connectivity index (χ0v) is 29.3. The molecule has 5 amide bonds. The van der Waals surface area contributed by atoms with Crippen LogP contribution in [-0.2, 0) is 33.5 Å². The predicted molar refractivity (Wildman–Crippen MR) is 176 cm³/mol. The lowest BCUT2D eigenvalue weighted by Gasteiger charge is -2.28. The molecule has 0 bridgehead atoms. The van der Waals surface area contributed by atoms with Crippen LogP contribution in [0.3, 0.4) is 0 Å². The second-order valence-electron chi connectivity index (χ2n) is 12.8. The van der Waals surface area contributed by atoms with Gasteiger partial charge in [-0.3, -0.25) is 24.0 Å². The summed E-state index contributed by atoms with van der Waals surface area (Å²) in [5, 5.41) is 13.4. The molecule has 13 heteroatoms. The van der Waals surface area contributed by atoms with Crippen LogP contribution < -0.4 is 26.6 Å². The number of unbranched alkanes of at least 4 members (excludes halogenated alkanes) is 3. The lowest BCUT2D eigenvalue weighted by atomic mass is 9.94. The van der Waals surface area contributed by atoms with Gasteiger partial charge in [0.15, 0.2) is 0 Å². The molecule has 1 aliphatic heterocycles. The Labute approximate surface area is 273 Å². The first kappa shape index (κ1) is 40.2. The normalized spacial score (nSPS) is 25.6. The number of hydrogen-bond acceptors (Lipinski definition) is 8. The summed E-state index contributed by atoms with van der Waals surface area (Å²) >= 11 is 1.51. The molecule has 0 saturated carbocycles. The number of carbonyl (C=O) groups is 6. The first-order chi connectivity index (χ1) is 21.2. The maximum Gasteiger partial charge on any atom is 0.328 e. The van der Waals surface area contributed by atoms with Gasteiger partial charge in [-0.2, -0.15) is 11.8 Å². The molecule has 1 saturated heterocycles. The highest BCUT2D eigenvalue weighted by Gasteiger charge is 2.33. The number of cyclic esters (lactones) is 1. The van der Waals surface area contributed by atoms with E-state index in [9.17, 15) is 28.8 Å². The zero-order chi connectivity index (χ0) is 34.1. The van der Waals surface area contributed by atoms with E-state index in [1.807, 2.05) is 27.0 Å². The van der Waals surface area contributed by atoms with E-state index in [0.717, 1.165) is 32.1 Å². The van der Waals surface area contributed by atoms with Crippen LogP contribution in [0.5, 0.6) is 0 Å². The Kier molecular flexibility index (Phi) is 18.8. The van der Waals surface area contributed by atoms with Gasteiger partial charge in [0.05, 0.1) is 13.0 Å². The minimum Gasteiger partial charge on any atom is -0.460 e. The Morgan fingerprint density at radius 3 is 2.09 bits per heavy atom. The Hall–Kier alpha value is -2.83. The second-order valence-corrected chi connectivity index (χ2v) is 13.8. The lowest BCUT2D eigenvalue weighted by Crippen LogP contribution is -2.58. The number of thioether (sulfide) groups is 1. The predicted octanol–water partition coefficient (Wildman–Crippen LogP) is 2.44. The number of esters is 1. The van der Waals surface area contributed by atoms with Crippen LogP contribution in [0.4, 0.5) is 0 Å². The highest BCUT2D eigenvalue weighted by molar-refractivity contribution is 7.98. The molecule has 0 spiro atoms. The molecule has 5 N–H and O–H groups in total. The van der Waals surface area contributed by atoms with Crippen LogP contribution in [0.25, 0.3) is 0 Å². The number of amides is 5. The topological polar surface area (TPSA) is 172 Å². The van der Waals surface area contributed by atoms with Crippen molar-refractivity contribution >= 4 is 47.3 Å². The van der Waals surface area contributed by atoms with Crippen molar-refractivity contribution in [2.75, 3.05) is 18.6 Å². The van der Waals surface area contributed by atoms with Crippen molar-refractivity contribution in [2.24, 2.45) is 17.8 Å². The quantitative estimate of drug-likeness (QED) is 0.158. The minimum absolute atomic E-state index is 0.0294. The van der Waals surface area contributed by atoms with Crippen LogP contribution in [-0.4, -0.2) is 84.3 Å². The van der Waals surface area contributed by atoms with Gasteiger partial charge in [0.2, 0.25) is 29.5 Å². The smallest absolute Gasteiger partial charge is 0.328 e. The third kappa shape index (κ3) is 15.3. The van der Waals surface area contributed by atoms with E-state index in [0.29, 0.717) is 18.6 Å². The van der Waals surface area contributed by atoms with Gasteiger partial charge in [-0.05, 0) is 55.9 Å². The van der Waals surface area contributed by atoms with Crippen LogP contribution in [0.2, 0.25) is 0 Å². The average molecular weight is 656 g/mol. The number of carbonyl (C=O) groups excluding carboxylic acids is 6. The van der Waals surface area contributed by atoms with E-state index in [1.165, 1.54) is 18.7 Å². The van der Waals surface area contributed by atoms with Gasteiger partial charge in [-0.15, -0.1) is 0 Å². The van der Waals surface area contributed by atoms with Gasteiger partial charge in [0.1, 0.15) is 30.3 Å². The fourth-order valence-corrected chi connectivity index (χ4v) is 5.46. The van der Waals surface area contributed by atoms with E-state index < -0.39 is 65.8 Å². The molecule has 0 aromatic rings. The van der Waals surface area contributed by atoms with E-state index >= 15 is 0 Å². The van der Waals surface area contributed by atoms with E-state index in [4.69, 9.17) is 4.74 Å². The number of ether oxygens (including phenoxy) is 1. The van der Waals surface area contributed by atoms with Gasteiger partial charge < -0.3 is 31.3 Å². The highest BCUT2D eigenvalue weighted by atomic mass is 32.2. The monoisotopic (exact) mass is 655 g/mol. The van der Waals surface area contributed by atoms with Gasteiger partial charge >= 0.3 is 5.97 Å². The summed E-state index contributed by atoms with van der Waals surface area (Å²) < 4.78 is 5.90. The first-order valence-electron chi connectivity index (χ1n) is 16.4. The number of hydrogen-bond donors (Lipinski definition) is 5. The largest absolute Gasteiger partial charge is 0.460 e. The summed E-state index contributed by atoms with van der Waals surface area (Å²) in [6.07, 6.45) is 6.35. The second kappa shape index (κ2) is 21.1. The van der Waals surface area contributed by atoms with Crippen LogP contribution >= 0.6 is 11.8 Å². The van der Waals surface area contributed by atoms with Crippen molar-refractivity contribution in [3.05, 3.63) is 0 Å². The Morgan fingerprint density at radius 2 is 1.49 bits per heavy atom. The molecule has 1 fully saturated rings. The molecule has 45 heavy (non-hydrogen) atoms. The van der Waals surface area contributed by atoms with Crippen molar-refractivity contribution in [3.8, 4) is 0 Å². The molecule has 258 valence electrons. The van der Waals surface area contributed by atoms with Crippen molar-refractivity contribution in [1.29, 1.82) is 0 Å². The maximum absolute atomic E-state index is 13.5. The molecule has 12 nitrogen and oxygen atoms in total. The van der Waals surface area contributed by atoms with Gasteiger partial charge in [0.25, 0.3) is 0 Å². The molecule has 6 atom stereocenters. The molecular formula is C32H57N5O7S. The summed E-state index contributed by atoms with van der Waals surface area (Å²) in [5.74, 6) is -3.26. The van der Waals surface area contributed by atoms with E-state index in [2.05, 4.69) is 33.5 Å². The summed E-state index contributed by atoms with van der Waals surface area (Å²) in [4.78, 5) is 79.1. The zero-order valence-electron chi connectivity index (χ0n) is 28.5. The van der Waals surface area contributed by atoms with Crippen LogP contribution in [0, 0.1) is 17.8 Å². The molecule has 1 rings (SSSR count). The average Bonchev–Trinajstić information content (AvgIpc) is 2.97. The first-order valence-corrected chi connectivity index (χ1v) is 17.8. The van der Waals surface area contributed by atoms with Gasteiger partial charge in [0, 0.05) is 0 Å². The van der Waals surface area contributed by atoms with Gasteiger partial charge in [-0.25, -0.2) is 4.79 Å².